The van der Waals surface area contributed by atoms with Gasteiger partial charge in [-0.1, -0.05) is 6.92 Å². The van der Waals surface area contributed by atoms with Crippen LogP contribution in [0.3, 0.4) is 0 Å². The Labute approximate surface area is 126 Å². The maximum atomic E-state index is 11.9. The minimum Gasteiger partial charge on any atom is -0.504 e. The fourth-order valence-corrected chi connectivity index (χ4v) is 1.40. The first kappa shape index (κ1) is 17.2. The summed E-state index contributed by atoms with van der Waals surface area (Å²) in [5.41, 5.74) is -0.629. The highest BCUT2D eigenvalue weighted by Crippen LogP contribution is 2.12. The summed E-state index contributed by atoms with van der Waals surface area (Å²) in [5.74, 6) is -2.61. The predicted octanol–water partition coefficient (Wildman–Crippen LogP) is 1.47. The zero-order valence-corrected chi connectivity index (χ0v) is 12.2. The second kappa shape index (κ2) is 7.82. The lowest BCUT2D eigenvalue weighted by Gasteiger charge is -2.13. The van der Waals surface area contributed by atoms with Crippen molar-refractivity contribution in [1.29, 1.82) is 0 Å². The highest BCUT2D eigenvalue weighted by molar-refractivity contribution is 5.98. The van der Waals surface area contributed by atoms with E-state index in [4.69, 9.17) is 9.84 Å². The van der Waals surface area contributed by atoms with E-state index in [-0.39, 0.29) is 17.5 Å². The van der Waals surface area contributed by atoms with E-state index in [9.17, 15) is 19.5 Å². The molecule has 0 amide bonds. The Kier molecular flexibility index (Phi) is 6.12. The van der Waals surface area contributed by atoms with Gasteiger partial charge in [-0.15, -0.1) is 0 Å². The van der Waals surface area contributed by atoms with E-state index in [1.165, 1.54) is 12.1 Å². The lowest BCUT2D eigenvalue weighted by Crippen LogP contribution is -2.20. The zero-order chi connectivity index (χ0) is 16.7. The molecular formula is C15H17NO6. The number of carbonyl (C=O) groups is 2. The standard InChI is InChI=1S/C15H17NO6/c1-3-9(2)22-15(21)11(8-14(19)20)16-10-4-6-12(17)13(18)7-5-10/h4-9,16H,3H2,1-2H3,(H,17,18)(H,19,20). The SMILES string of the molecule is CCC(C)OC(=O)C(=CC(=O)O)Nc1ccc(O)c(=O)cc1. The molecule has 0 heterocycles. The number of aromatic hydroxyl groups is 1. The van der Waals surface area contributed by atoms with Gasteiger partial charge in [-0.2, -0.15) is 0 Å². The molecule has 0 spiro atoms. The van der Waals surface area contributed by atoms with Gasteiger partial charge in [0.1, 0.15) is 5.70 Å². The van der Waals surface area contributed by atoms with Crippen LogP contribution in [-0.4, -0.2) is 28.3 Å². The molecule has 0 aliphatic carbocycles. The van der Waals surface area contributed by atoms with Crippen LogP contribution in [0.5, 0.6) is 5.75 Å². The minimum absolute atomic E-state index is 0.256. The number of carboxylic acids is 1. The quantitative estimate of drug-likeness (QED) is 0.539. The predicted molar refractivity (Wildman–Crippen MR) is 79.6 cm³/mol. The molecule has 0 saturated heterocycles. The number of hydrogen-bond acceptors (Lipinski definition) is 6. The van der Waals surface area contributed by atoms with Gasteiger partial charge in [-0.05, 0) is 37.6 Å². The van der Waals surface area contributed by atoms with Crippen LogP contribution in [0.1, 0.15) is 20.3 Å². The molecule has 3 N–H and O–H groups in total. The van der Waals surface area contributed by atoms with Crippen LogP contribution in [0, 0.1) is 0 Å². The summed E-state index contributed by atoms with van der Waals surface area (Å²) in [6, 6.07) is 4.89. The maximum Gasteiger partial charge on any atom is 0.355 e. The second-order valence-corrected chi connectivity index (χ2v) is 4.52. The van der Waals surface area contributed by atoms with Gasteiger partial charge in [-0.25, -0.2) is 9.59 Å². The van der Waals surface area contributed by atoms with Gasteiger partial charge in [0, 0.05) is 5.69 Å². The van der Waals surface area contributed by atoms with E-state index in [1.54, 1.807) is 6.92 Å². The van der Waals surface area contributed by atoms with Crippen LogP contribution in [0.4, 0.5) is 5.69 Å². The van der Waals surface area contributed by atoms with Gasteiger partial charge >= 0.3 is 11.9 Å². The molecule has 7 nitrogen and oxygen atoms in total. The number of carboxylic acid groups (broad SMARTS) is 1. The highest BCUT2D eigenvalue weighted by atomic mass is 16.5. The van der Waals surface area contributed by atoms with E-state index in [2.05, 4.69) is 5.32 Å². The molecule has 7 heteroatoms. The van der Waals surface area contributed by atoms with E-state index < -0.39 is 23.1 Å². The summed E-state index contributed by atoms with van der Waals surface area (Å²) in [4.78, 5) is 34.0. The van der Waals surface area contributed by atoms with E-state index >= 15 is 0 Å². The number of aliphatic carboxylic acids is 1. The third-order valence-corrected chi connectivity index (χ3v) is 2.74. The van der Waals surface area contributed by atoms with Crippen LogP contribution >= 0.6 is 0 Å². The van der Waals surface area contributed by atoms with Crippen LogP contribution in [0.15, 0.2) is 40.8 Å². The summed E-state index contributed by atoms with van der Waals surface area (Å²) < 4.78 is 5.06. The van der Waals surface area contributed by atoms with Gasteiger partial charge < -0.3 is 20.3 Å². The second-order valence-electron chi connectivity index (χ2n) is 4.52. The molecule has 1 aromatic carbocycles. The van der Waals surface area contributed by atoms with Gasteiger partial charge in [0.15, 0.2) is 5.75 Å². The lowest BCUT2D eigenvalue weighted by molar-refractivity contribution is -0.144. The Bertz CT molecular complexity index is 653. The van der Waals surface area contributed by atoms with Crippen molar-refractivity contribution in [3.63, 3.8) is 0 Å². The van der Waals surface area contributed by atoms with Gasteiger partial charge in [0.05, 0.1) is 12.2 Å². The first-order chi connectivity index (χ1) is 10.3. The maximum absolute atomic E-state index is 11.9. The van der Waals surface area contributed by atoms with Gasteiger partial charge in [0.25, 0.3) is 0 Å². The molecule has 0 saturated carbocycles. The van der Waals surface area contributed by atoms with Crippen molar-refractivity contribution >= 4 is 17.6 Å². The van der Waals surface area contributed by atoms with Crippen molar-refractivity contribution in [2.24, 2.45) is 0 Å². The molecule has 0 radical (unpaired) electrons. The molecule has 0 fully saturated rings. The number of carbonyl (C=O) groups excluding carboxylic acids is 1. The number of anilines is 1. The molecule has 1 atom stereocenters. The summed E-state index contributed by atoms with van der Waals surface area (Å²) in [7, 11) is 0. The Balaban J connectivity index is 3.05. The molecule has 1 aromatic rings. The van der Waals surface area contributed by atoms with E-state index in [0.717, 1.165) is 12.1 Å². The molecule has 118 valence electrons. The Hall–Kier alpha value is -2.83. The number of nitrogens with one attached hydrogen (secondary N) is 1. The first-order valence-electron chi connectivity index (χ1n) is 6.59. The third-order valence-electron chi connectivity index (χ3n) is 2.74. The van der Waals surface area contributed by atoms with E-state index in [0.29, 0.717) is 12.5 Å². The average Bonchev–Trinajstić information content (AvgIpc) is 2.61. The molecule has 0 aromatic heterocycles. The van der Waals surface area contributed by atoms with Crippen molar-refractivity contribution in [3.8, 4) is 5.75 Å². The Morgan fingerprint density at radius 3 is 2.55 bits per heavy atom. The van der Waals surface area contributed by atoms with Crippen molar-refractivity contribution < 1.29 is 24.5 Å². The lowest BCUT2D eigenvalue weighted by atomic mass is 10.3. The summed E-state index contributed by atoms with van der Waals surface area (Å²) in [5, 5.41) is 20.7. The van der Waals surface area contributed by atoms with Crippen molar-refractivity contribution in [3.05, 3.63) is 46.3 Å². The molecular weight excluding hydrogens is 290 g/mol. The number of rotatable bonds is 6. The first-order valence-corrected chi connectivity index (χ1v) is 6.59. The van der Waals surface area contributed by atoms with Crippen molar-refractivity contribution in [2.75, 3.05) is 5.32 Å². The normalized spacial score (nSPS) is 12.4. The minimum atomic E-state index is -1.32. The highest BCUT2D eigenvalue weighted by Gasteiger charge is 2.16. The zero-order valence-electron chi connectivity index (χ0n) is 12.2. The largest absolute Gasteiger partial charge is 0.504 e. The summed E-state index contributed by atoms with van der Waals surface area (Å²) >= 11 is 0. The Morgan fingerprint density at radius 1 is 1.32 bits per heavy atom. The monoisotopic (exact) mass is 307 g/mol. The fraction of sp³-hybridized carbons (Fsp3) is 0.267. The molecule has 0 aliphatic heterocycles. The van der Waals surface area contributed by atoms with Crippen LogP contribution in [0.25, 0.3) is 0 Å². The van der Waals surface area contributed by atoms with Crippen LogP contribution in [-0.2, 0) is 14.3 Å². The van der Waals surface area contributed by atoms with Crippen molar-refractivity contribution in [2.45, 2.75) is 26.4 Å². The summed E-state index contributed by atoms with van der Waals surface area (Å²) in [6.07, 6.45) is 0.894. The average molecular weight is 307 g/mol. The smallest absolute Gasteiger partial charge is 0.355 e. The molecule has 22 heavy (non-hydrogen) atoms. The third kappa shape index (κ3) is 5.28. The van der Waals surface area contributed by atoms with Crippen molar-refractivity contribution in [1.82, 2.24) is 0 Å². The summed E-state index contributed by atoms with van der Waals surface area (Å²) in [6.45, 7) is 3.50. The van der Waals surface area contributed by atoms with Crippen LogP contribution in [0.2, 0.25) is 0 Å². The van der Waals surface area contributed by atoms with Gasteiger partial charge in [0.2, 0.25) is 5.43 Å². The van der Waals surface area contributed by atoms with E-state index in [1.807, 2.05) is 6.92 Å². The molecule has 0 aliphatic rings. The molecule has 1 rings (SSSR count). The Morgan fingerprint density at radius 2 is 1.95 bits per heavy atom. The van der Waals surface area contributed by atoms with Crippen LogP contribution < -0.4 is 10.7 Å². The number of hydrogen-bond donors (Lipinski definition) is 3. The van der Waals surface area contributed by atoms with Gasteiger partial charge in [-0.3, -0.25) is 4.79 Å². The fourth-order valence-electron chi connectivity index (χ4n) is 1.40. The topological polar surface area (TPSA) is 113 Å². The molecule has 0 bridgehead atoms. The number of esters is 1. The number of ether oxygens (including phenoxy) is 1. The molecule has 1 unspecified atom stereocenters.